The molecule has 0 unspecified atom stereocenters. The summed E-state index contributed by atoms with van der Waals surface area (Å²) >= 11 is 5.99. The Morgan fingerprint density at radius 2 is 1.50 bits per heavy atom. The largest absolute Gasteiger partial charge is 0.480 e. The first kappa shape index (κ1) is 9.85. The number of aliphatic carboxylic acids is 1. The van der Waals surface area contributed by atoms with Crippen molar-refractivity contribution in [3.05, 3.63) is 0 Å². The van der Waals surface area contributed by atoms with E-state index < -0.39 is 10.8 Å². The first-order valence-corrected chi connectivity index (χ1v) is 4.95. The van der Waals surface area contributed by atoms with E-state index in [4.69, 9.17) is 16.7 Å². The molecule has 12 heavy (non-hydrogen) atoms. The quantitative estimate of drug-likeness (QED) is 0.646. The van der Waals surface area contributed by atoms with Crippen LogP contribution >= 0.6 is 11.6 Å². The third-order valence-corrected chi connectivity index (χ3v) is 3.07. The van der Waals surface area contributed by atoms with Crippen molar-refractivity contribution in [2.75, 3.05) is 0 Å². The lowest BCUT2D eigenvalue weighted by atomic mass is 9.90. The van der Waals surface area contributed by atoms with Crippen LogP contribution < -0.4 is 0 Å². The summed E-state index contributed by atoms with van der Waals surface area (Å²) in [5.74, 6) is -0.842. The molecule has 0 bridgehead atoms. The van der Waals surface area contributed by atoms with E-state index in [0.717, 1.165) is 25.7 Å². The zero-order valence-electron chi connectivity index (χ0n) is 7.18. The highest BCUT2D eigenvalue weighted by atomic mass is 35.5. The van der Waals surface area contributed by atoms with Crippen molar-refractivity contribution < 1.29 is 9.90 Å². The third kappa shape index (κ3) is 2.37. The normalized spacial score (nSPS) is 24.1. The Kier molecular flexibility index (Phi) is 3.39. The molecule has 0 aliphatic heterocycles. The molecule has 1 aliphatic rings. The second kappa shape index (κ2) is 4.13. The van der Waals surface area contributed by atoms with E-state index in [-0.39, 0.29) is 0 Å². The smallest absolute Gasteiger partial charge is 0.324 e. The summed E-state index contributed by atoms with van der Waals surface area (Å²) in [5, 5.41) is 8.88. The van der Waals surface area contributed by atoms with Crippen molar-refractivity contribution in [2.45, 2.75) is 49.8 Å². The Balaban J connectivity index is 2.54. The number of carbonyl (C=O) groups is 1. The average Bonchev–Trinajstić information content (AvgIpc) is 1.97. The Hall–Kier alpha value is -0.240. The van der Waals surface area contributed by atoms with Crippen LogP contribution in [0.15, 0.2) is 0 Å². The summed E-state index contributed by atoms with van der Waals surface area (Å²) in [6.45, 7) is 0. The van der Waals surface area contributed by atoms with Gasteiger partial charge in [0.25, 0.3) is 0 Å². The molecule has 0 amide bonds. The van der Waals surface area contributed by atoms with Gasteiger partial charge < -0.3 is 5.11 Å². The molecule has 3 heteroatoms. The molecule has 0 saturated heterocycles. The summed E-state index contributed by atoms with van der Waals surface area (Å²) in [6.07, 6.45) is 6.65. The van der Waals surface area contributed by atoms with Crippen molar-refractivity contribution in [2.24, 2.45) is 0 Å². The lowest BCUT2D eigenvalue weighted by Crippen LogP contribution is -2.32. The summed E-state index contributed by atoms with van der Waals surface area (Å²) in [6, 6.07) is 0. The molecule has 1 aliphatic carbocycles. The van der Waals surface area contributed by atoms with E-state index in [0.29, 0.717) is 12.8 Å². The molecule has 2 nitrogen and oxygen atoms in total. The van der Waals surface area contributed by atoms with Gasteiger partial charge in [0.05, 0.1) is 0 Å². The molecule has 1 saturated carbocycles. The SMILES string of the molecule is O=C(O)C1(Cl)CCCCCCC1. The first-order valence-electron chi connectivity index (χ1n) is 4.57. The molecular weight excluding hydrogens is 176 g/mol. The molecule has 70 valence electrons. The van der Waals surface area contributed by atoms with Gasteiger partial charge >= 0.3 is 5.97 Å². The van der Waals surface area contributed by atoms with E-state index in [1.165, 1.54) is 6.42 Å². The maximum atomic E-state index is 10.8. The van der Waals surface area contributed by atoms with Crippen LogP contribution in [0.5, 0.6) is 0 Å². The molecule has 0 aromatic rings. The number of rotatable bonds is 1. The van der Waals surface area contributed by atoms with Crippen molar-refractivity contribution in [1.29, 1.82) is 0 Å². The van der Waals surface area contributed by atoms with Gasteiger partial charge in [-0.2, -0.15) is 0 Å². The predicted octanol–water partition coefficient (Wildman–Crippen LogP) is 2.79. The minimum atomic E-state index is -0.958. The number of alkyl halides is 1. The molecule has 1 rings (SSSR count). The molecule has 0 aromatic carbocycles. The highest BCUT2D eigenvalue weighted by Crippen LogP contribution is 2.32. The van der Waals surface area contributed by atoms with Crippen LogP contribution in [0.1, 0.15) is 44.9 Å². The average molecular weight is 191 g/mol. The summed E-state index contributed by atoms with van der Waals surface area (Å²) in [7, 11) is 0. The second-order valence-electron chi connectivity index (χ2n) is 3.54. The van der Waals surface area contributed by atoms with Crippen LogP contribution in [0.2, 0.25) is 0 Å². The molecule has 0 radical (unpaired) electrons. The molecule has 0 atom stereocenters. The van der Waals surface area contributed by atoms with E-state index in [9.17, 15) is 4.79 Å². The van der Waals surface area contributed by atoms with Crippen LogP contribution in [0.25, 0.3) is 0 Å². The Labute approximate surface area is 77.9 Å². The molecule has 0 aromatic heterocycles. The van der Waals surface area contributed by atoms with Gasteiger partial charge in [-0.1, -0.05) is 32.1 Å². The number of halogens is 1. The summed E-state index contributed by atoms with van der Waals surface area (Å²) < 4.78 is 0. The van der Waals surface area contributed by atoms with Gasteiger partial charge in [-0.15, -0.1) is 11.6 Å². The fourth-order valence-corrected chi connectivity index (χ4v) is 1.95. The number of carboxylic acids is 1. The fraction of sp³-hybridized carbons (Fsp3) is 0.889. The van der Waals surface area contributed by atoms with Crippen LogP contribution in [-0.4, -0.2) is 16.0 Å². The monoisotopic (exact) mass is 190 g/mol. The zero-order chi connectivity index (χ0) is 9.03. The van der Waals surface area contributed by atoms with Gasteiger partial charge in [0.2, 0.25) is 0 Å². The highest BCUT2D eigenvalue weighted by molar-refractivity contribution is 6.33. The van der Waals surface area contributed by atoms with Gasteiger partial charge in [-0.3, -0.25) is 4.79 Å². The van der Waals surface area contributed by atoms with E-state index >= 15 is 0 Å². The Bertz CT molecular complexity index is 160. The van der Waals surface area contributed by atoms with Crippen LogP contribution in [0.3, 0.4) is 0 Å². The van der Waals surface area contributed by atoms with Gasteiger partial charge in [-0.25, -0.2) is 0 Å². The summed E-state index contributed by atoms with van der Waals surface area (Å²) in [4.78, 5) is 9.85. The molecular formula is C9H15ClO2. The molecule has 0 heterocycles. The first-order chi connectivity index (χ1) is 5.65. The van der Waals surface area contributed by atoms with Crippen LogP contribution in [0, 0.1) is 0 Å². The molecule has 0 spiro atoms. The number of carboxylic acid groups (broad SMARTS) is 1. The van der Waals surface area contributed by atoms with Crippen molar-refractivity contribution in [1.82, 2.24) is 0 Å². The zero-order valence-corrected chi connectivity index (χ0v) is 7.94. The maximum absolute atomic E-state index is 10.8. The third-order valence-electron chi connectivity index (χ3n) is 2.53. The second-order valence-corrected chi connectivity index (χ2v) is 4.26. The van der Waals surface area contributed by atoms with Gasteiger partial charge in [0.1, 0.15) is 4.87 Å². The Morgan fingerprint density at radius 3 is 1.92 bits per heavy atom. The minimum Gasteiger partial charge on any atom is -0.480 e. The van der Waals surface area contributed by atoms with Crippen molar-refractivity contribution in [3.63, 3.8) is 0 Å². The van der Waals surface area contributed by atoms with Crippen LogP contribution in [0.4, 0.5) is 0 Å². The van der Waals surface area contributed by atoms with Gasteiger partial charge in [0, 0.05) is 0 Å². The standard InChI is InChI=1S/C9H15ClO2/c10-9(8(11)12)6-4-2-1-3-5-7-9/h1-7H2,(H,11,12). The van der Waals surface area contributed by atoms with Crippen LogP contribution in [-0.2, 0) is 4.79 Å². The van der Waals surface area contributed by atoms with E-state index in [1.807, 2.05) is 0 Å². The lowest BCUT2D eigenvalue weighted by Gasteiger charge is -2.24. The highest BCUT2D eigenvalue weighted by Gasteiger charge is 2.35. The van der Waals surface area contributed by atoms with Crippen molar-refractivity contribution in [3.8, 4) is 0 Å². The topological polar surface area (TPSA) is 37.3 Å². The van der Waals surface area contributed by atoms with E-state index in [2.05, 4.69) is 0 Å². The Morgan fingerprint density at radius 1 is 1.08 bits per heavy atom. The molecule has 1 N–H and O–H groups in total. The maximum Gasteiger partial charge on any atom is 0.324 e. The minimum absolute atomic E-state index is 0.629. The number of hydrogen-bond donors (Lipinski definition) is 1. The van der Waals surface area contributed by atoms with E-state index in [1.54, 1.807) is 0 Å². The van der Waals surface area contributed by atoms with Crippen molar-refractivity contribution >= 4 is 17.6 Å². The molecule has 1 fully saturated rings. The van der Waals surface area contributed by atoms with Gasteiger partial charge in [-0.05, 0) is 12.8 Å². The lowest BCUT2D eigenvalue weighted by molar-refractivity contribution is -0.140. The van der Waals surface area contributed by atoms with Gasteiger partial charge in [0.15, 0.2) is 0 Å². The predicted molar refractivity (Wildman–Crippen MR) is 48.5 cm³/mol. The summed E-state index contributed by atoms with van der Waals surface area (Å²) in [5.41, 5.74) is 0. The number of hydrogen-bond acceptors (Lipinski definition) is 1. The fourth-order valence-electron chi connectivity index (χ4n) is 1.68.